The number of aromatic nitrogens is 2. The van der Waals surface area contributed by atoms with Gasteiger partial charge in [0.25, 0.3) is 5.56 Å². The van der Waals surface area contributed by atoms with Crippen molar-refractivity contribution in [3.05, 3.63) is 40.2 Å². The van der Waals surface area contributed by atoms with Crippen LogP contribution in [0.5, 0.6) is 0 Å². The predicted molar refractivity (Wildman–Crippen MR) is 53.0 cm³/mol. The Hall–Kier alpha value is -1.75. The van der Waals surface area contributed by atoms with Crippen LogP contribution in [0.4, 0.5) is 4.39 Å². The van der Waals surface area contributed by atoms with E-state index in [1.54, 1.807) is 0 Å². The lowest BCUT2D eigenvalue weighted by Crippen LogP contribution is -2.12. The van der Waals surface area contributed by atoms with Crippen molar-refractivity contribution in [2.24, 2.45) is 0 Å². The second kappa shape index (κ2) is 3.78. The molecule has 0 amide bonds. The second-order valence-corrected chi connectivity index (χ2v) is 3.11. The number of nitrogens with zero attached hydrogens (tertiary/aromatic N) is 1. The van der Waals surface area contributed by atoms with Crippen molar-refractivity contribution in [2.45, 2.75) is 6.61 Å². The Balaban J connectivity index is 2.67. The minimum atomic E-state index is -0.450. The molecule has 0 unspecified atom stereocenters. The average molecular weight is 208 g/mol. The van der Waals surface area contributed by atoms with E-state index in [0.29, 0.717) is 11.3 Å². The summed E-state index contributed by atoms with van der Waals surface area (Å²) in [4.78, 5) is 18.1. The predicted octanol–water partition coefficient (Wildman–Crippen LogP) is 1.21. The van der Waals surface area contributed by atoms with Gasteiger partial charge in [-0.15, -0.1) is 0 Å². The number of aromatic amines is 1. The Morgan fingerprint density at radius 3 is 3.07 bits per heavy atom. The van der Waals surface area contributed by atoms with Crippen LogP contribution in [0.1, 0.15) is 5.82 Å². The maximum atomic E-state index is 12.9. The summed E-state index contributed by atoms with van der Waals surface area (Å²) < 4.78 is 17.7. The van der Waals surface area contributed by atoms with Crippen molar-refractivity contribution in [2.75, 3.05) is 7.11 Å². The molecule has 0 radical (unpaired) electrons. The smallest absolute Gasteiger partial charge is 0.258 e. The third-order valence-corrected chi connectivity index (χ3v) is 2.00. The fraction of sp³-hybridized carbons (Fsp3) is 0.200. The van der Waals surface area contributed by atoms with Gasteiger partial charge in [-0.2, -0.15) is 0 Å². The molecule has 2 rings (SSSR count). The molecule has 4 nitrogen and oxygen atoms in total. The van der Waals surface area contributed by atoms with Crippen LogP contribution in [0.25, 0.3) is 10.9 Å². The van der Waals surface area contributed by atoms with Crippen molar-refractivity contribution < 1.29 is 9.13 Å². The standard InChI is InChI=1S/C10H9FN2O2/c1-15-5-9-12-8-3-2-6(11)4-7(8)10(14)13-9/h2-4H,5H2,1H3,(H,12,13,14). The van der Waals surface area contributed by atoms with Crippen LogP contribution < -0.4 is 5.56 Å². The van der Waals surface area contributed by atoms with E-state index in [-0.39, 0.29) is 17.6 Å². The Morgan fingerprint density at radius 2 is 2.33 bits per heavy atom. The van der Waals surface area contributed by atoms with Gasteiger partial charge in [0.15, 0.2) is 0 Å². The second-order valence-electron chi connectivity index (χ2n) is 3.11. The van der Waals surface area contributed by atoms with Crippen LogP contribution in [0.3, 0.4) is 0 Å². The van der Waals surface area contributed by atoms with E-state index in [0.717, 1.165) is 6.07 Å². The first kappa shape index (κ1) is 9.79. The van der Waals surface area contributed by atoms with Gasteiger partial charge >= 0.3 is 0 Å². The molecular formula is C10H9FN2O2. The Morgan fingerprint density at radius 1 is 1.53 bits per heavy atom. The quantitative estimate of drug-likeness (QED) is 0.807. The lowest BCUT2D eigenvalue weighted by molar-refractivity contribution is 0.178. The van der Waals surface area contributed by atoms with Gasteiger partial charge < -0.3 is 9.72 Å². The zero-order chi connectivity index (χ0) is 10.8. The van der Waals surface area contributed by atoms with E-state index in [4.69, 9.17) is 4.74 Å². The van der Waals surface area contributed by atoms with Gasteiger partial charge in [-0.25, -0.2) is 9.37 Å². The molecule has 0 fully saturated rings. The van der Waals surface area contributed by atoms with Crippen LogP contribution in [0, 0.1) is 5.82 Å². The Kier molecular flexibility index (Phi) is 2.47. The van der Waals surface area contributed by atoms with Crippen LogP contribution >= 0.6 is 0 Å². The molecule has 1 aromatic heterocycles. The van der Waals surface area contributed by atoms with Gasteiger partial charge in [-0.1, -0.05) is 0 Å². The Labute approximate surface area is 84.7 Å². The third-order valence-electron chi connectivity index (χ3n) is 2.00. The number of hydrogen-bond acceptors (Lipinski definition) is 3. The van der Waals surface area contributed by atoms with Crippen molar-refractivity contribution in [3.8, 4) is 0 Å². The molecule has 1 heterocycles. The van der Waals surface area contributed by atoms with Crippen molar-refractivity contribution in [3.63, 3.8) is 0 Å². The molecule has 5 heteroatoms. The number of ether oxygens (including phenoxy) is 1. The molecule has 0 aliphatic rings. The Bertz CT molecular complexity index is 551. The van der Waals surface area contributed by atoms with Gasteiger partial charge in [0.05, 0.1) is 10.9 Å². The topological polar surface area (TPSA) is 55.0 Å². The lowest BCUT2D eigenvalue weighted by Gasteiger charge is -2.01. The first-order chi connectivity index (χ1) is 7.20. The summed E-state index contributed by atoms with van der Waals surface area (Å²) in [5, 5.41) is 0.245. The van der Waals surface area contributed by atoms with Gasteiger partial charge in [0.2, 0.25) is 0 Å². The molecule has 1 N–H and O–H groups in total. The molecule has 0 aliphatic heterocycles. The number of nitrogens with one attached hydrogen (secondary N) is 1. The number of methoxy groups -OCH3 is 1. The highest BCUT2D eigenvalue weighted by Gasteiger charge is 2.04. The zero-order valence-corrected chi connectivity index (χ0v) is 8.08. The maximum absolute atomic E-state index is 12.9. The minimum absolute atomic E-state index is 0.225. The SMILES string of the molecule is COCc1nc2ccc(F)cc2c(=O)[nH]1. The van der Waals surface area contributed by atoms with Crippen LogP contribution in [-0.4, -0.2) is 17.1 Å². The maximum Gasteiger partial charge on any atom is 0.258 e. The van der Waals surface area contributed by atoms with E-state index < -0.39 is 5.82 Å². The fourth-order valence-corrected chi connectivity index (χ4v) is 1.36. The monoisotopic (exact) mass is 208 g/mol. The highest BCUT2D eigenvalue weighted by Crippen LogP contribution is 2.09. The van der Waals surface area contributed by atoms with E-state index in [9.17, 15) is 9.18 Å². The van der Waals surface area contributed by atoms with E-state index in [2.05, 4.69) is 9.97 Å². The summed E-state index contributed by atoms with van der Waals surface area (Å²) in [6.07, 6.45) is 0. The number of hydrogen-bond donors (Lipinski definition) is 1. The normalized spacial score (nSPS) is 10.8. The van der Waals surface area contributed by atoms with Crippen molar-refractivity contribution >= 4 is 10.9 Å². The summed E-state index contributed by atoms with van der Waals surface area (Å²) in [6, 6.07) is 3.90. The zero-order valence-electron chi connectivity index (χ0n) is 8.08. The molecule has 0 spiro atoms. The first-order valence-electron chi connectivity index (χ1n) is 4.38. The van der Waals surface area contributed by atoms with E-state index >= 15 is 0 Å². The summed E-state index contributed by atoms with van der Waals surface area (Å²) in [5.74, 6) is -0.0177. The number of fused-ring (bicyclic) bond motifs is 1. The van der Waals surface area contributed by atoms with E-state index in [1.807, 2.05) is 0 Å². The van der Waals surface area contributed by atoms with E-state index in [1.165, 1.54) is 19.2 Å². The minimum Gasteiger partial charge on any atom is -0.377 e. The molecule has 0 bridgehead atoms. The van der Waals surface area contributed by atoms with Gasteiger partial charge in [0, 0.05) is 7.11 Å². The number of halogens is 1. The number of H-pyrrole nitrogens is 1. The molecule has 0 aliphatic carbocycles. The first-order valence-corrected chi connectivity index (χ1v) is 4.38. The van der Waals surface area contributed by atoms with Gasteiger partial charge in [-0.05, 0) is 18.2 Å². The van der Waals surface area contributed by atoms with Crippen LogP contribution in [0.15, 0.2) is 23.0 Å². The third kappa shape index (κ3) is 1.87. The summed E-state index contributed by atoms with van der Waals surface area (Å²) >= 11 is 0. The fourth-order valence-electron chi connectivity index (χ4n) is 1.36. The molecule has 2 aromatic rings. The number of benzene rings is 1. The average Bonchev–Trinajstić information content (AvgIpc) is 2.20. The molecular weight excluding hydrogens is 199 g/mol. The molecule has 0 atom stereocenters. The summed E-state index contributed by atoms with van der Waals surface area (Å²) in [6.45, 7) is 0.225. The lowest BCUT2D eigenvalue weighted by atomic mass is 10.2. The van der Waals surface area contributed by atoms with Gasteiger partial charge in [0.1, 0.15) is 18.2 Å². The summed E-state index contributed by atoms with van der Waals surface area (Å²) in [7, 11) is 1.51. The molecule has 0 saturated carbocycles. The van der Waals surface area contributed by atoms with Crippen LogP contribution in [-0.2, 0) is 11.3 Å². The highest BCUT2D eigenvalue weighted by molar-refractivity contribution is 5.77. The van der Waals surface area contributed by atoms with Crippen molar-refractivity contribution in [1.29, 1.82) is 0 Å². The summed E-state index contributed by atoms with van der Waals surface area (Å²) in [5.41, 5.74) is 0.110. The molecule has 78 valence electrons. The van der Waals surface area contributed by atoms with Crippen molar-refractivity contribution in [1.82, 2.24) is 9.97 Å². The largest absolute Gasteiger partial charge is 0.377 e. The van der Waals surface area contributed by atoms with Crippen LogP contribution in [0.2, 0.25) is 0 Å². The molecule has 1 aromatic carbocycles. The molecule has 15 heavy (non-hydrogen) atoms. The molecule has 0 saturated heterocycles. The number of rotatable bonds is 2. The van der Waals surface area contributed by atoms with Gasteiger partial charge in [-0.3, -0.25) is 4.79 Å². The highest BCUT2D eigenvalue weighted by atomic mass is 19.1.